The molecule has 6 heteroatoms. The molecule has 4 aromatic rings. The molecule has 168 valence electrons. The Morgan fingerprint density at radius 2 is 1.48 bits per heavy atom. The van der Waals surface area contributed by atoms with Gasteiger partial charge in [0.05, 0.1) is 24.1 Å². The van der Waals surface area contributed by atoms with Crippen LogP contribution < -0.4 is 4.74 Å². The number of benzene rings is 3. The lowest BCUT2D eigenvalue weighted by atomic mass is 9.96. The molecule has 0 N–H and O–H groups in total. The number of methoxy groups -OCH3 is 1. The van der Waals surface area contributed by atoms with E-state index in [4.69, 9.17) is 4.74 Å². The van der Waals surface area contributed by atoms with Crippen LogP contribution in [0.2, 0.25) is 0 Å². The van der Waals surface area contributed by atoms with E-state index in [1.54, 1.807) is 11.8 Å². The maximum absolute atomic E-state index is 13.3. The molecule has 3 aromatic carbocycles. The molecule has 1 aliphatic rings. The van der Waals surface area contributed by atoms with Crippen molar-refractivity contribution < 1.29 is 9.53 Å². The second-order valence-corrected chi connectivity index (χ2v) is 8.42. The standard InChI is InChI=1S/C27H28N4O2/c1-29-27(33-2)23-14-13-22(19-24(23)28-29)26(32)31-17-15-30(16-18-31)25(20-9-5-3-6-10-20)21-11-7-4-8-12-21/h3-14,19,25H,15-18H2,1-2H3. The highest BCUT2D eigenvalue weighted by molar-refractivity contribution is 5.98. The van der Waals surface area contributed by atoms with Gasteiger partial charge in [0.1, 0.15) is 0 Å². The first-order valence-electron chi connectivity index (χ1n) is 11.3. The molecular weight excluding hydrogens is 412 g/mol. The number of amides is 1. The highest BCUT2D eigenvalue weighted by atomic mass is 16.5. The van der Waals surface area contributed by atoms with Crippen LogP contribution in [-0.4, -0.2) is 58.8 Å². The SMILES string of the molecule is COc1c2ccc(C(=O)N3CCN(C(c4ccccc4)c4ccccc4)CC3)cc2nn1C. The fourth-order valence-corrected chi connectivity index (χ4v) is 4.80. The van der Waals surface area contributed by atoms with E-state index < -0.39 is 0 Å². The molecule has 1 amide bonds. The highest BCUT2D eigenvalue weighted by Gasteiger charge is 2.28. The van der Waals surface area contributed by atoms with Gasteiger partial charge in [0.15, 0.2) is 0 Å². The van der Waals surface area contributed by atoms with Gasteiger partial charge in [0, 0.05) is 38.8 Å². The third kappa shape index (κ3) is 4.10. The second kappa shape index (κ2) is 9.08. The molecule has 0 atom stereocenters. The summed E-state index contributed by atoms with van der Waals surface area (Å²) in [6.45, 7) is 3.02. The van der Waals surface area contributed by atoms with Crippen molar-refractivity contribution in [3.63, 3.8) is 0 Å². The van der Waals surface area contributed by atoms with Crippen molar-refractivity contribution >= 4 is 16.8 Å². The van der Waals surface area contributed by atoms with Gasteiger partial charge in [0.25, 0.3) is 5.91 Å². The molecule has 1 fully saturated rings. The van der Waals surface area contributed by atoms with Crippen LogP contribution in [0, 0.1) is 0 Å². The van der Waals surface area contributed by atoms with Crippen LogP contribution >= 0.6 is 0 Å². The fourth-order valence-electron chi connectivity index (χ4n) is 4.80. The van der Waals surface area contributed by atoms with Gasteiger partial charge < -0.3 is 9.64 Å². The number of piperazine rings is 1. The first kappa shape index (κ1) is 21.2. The van der Waals surface area contributed by atoms with E-state index in [-0.39, 0.29) is 11.9 Å². The third-order valence-electron chi connectivity index (χ3n) is 6.42. The van der Waals surface area contributed by atoms with Crippen molar-refractivity contribution in [2.75, 3.05) is 33.3 Å². The molecule has 1 aliphatic heterocycles. The molecule has 1 aromatic heterocycles. The molecular formula is C27H28N4O2. The smallest absolute Gasteiger partial charge is 0.254 e. The quantitative estimate of drug-likeness (QED) is 0.468. The van der Waals surface area contributed by atoms with E-state index in [0.717, 1.165) is 24.0 Å². The summed E-state index contributed by atoms with van der Waals surface area (Å²) in [6, 6.07) is 27.1. The Morgan fingerprint density at radius 3 is 2.06 bits per heavy atom. The Hall–Kier alpha value is -3.64. The van der Waals surface area contributed by atoms with Crippen molar-refractivity contribution in [1.29, 1.82) is 0 Å². The van der Waals surface area contributed by atoms with Gasteiger partial charge in [-0.2, -0.15) is 5.10 Å². The molecule has 0 spiro atoms. The molecule has 0 saturated carbocycles. The lowest BCUT2D eigenvalue weighted by molar-refractivity contribution is 0.0597. The monoisotopic (exact) mass is 440 g/mol. The van der Waals surface area contributed by atoms with Crippen LogP contribution in [0.1, 0.15) is 27.5 Å². The number of hydrogen-bond acceptors (Lipinski definition) is 4. The summed E-state index contributed by atoms with van der Waals surface area (Å²) in [4.78, 5) is 17.7. The summed E-state index contributed by atoms with van der Waals surface area (Å²) in [5.41, 5.74) is 3.99. The van der Waals surface area contributed by atoms with Gasteiger partial charge in [-0.05, 0) is 29.3 Å². The van der Waals surface area contributed by atoms with Crippen molar-refractivity contribution in [2.24, 2.45) is 7.05 Å². The maximum Gasteiger partial charge on any atom is 0.254 e. The predicted molar refractivity (Wildman–Crippen MR) is 129 cm³/mol. The summed E-state index contributed by atoms with van der Waals surface area (Å²) < 4.78 is 7.12. The Balaban J connectivity index is 1.33. The largest absolute Gasteiger partial charge is 0.481 e. The Bertz CT molecular complexity index is 1210. The fraction of sp³-hybridized carbons (Fsp3) is 0.259. The number of carbonyl (C=O) groups excluding carboxylic acids is 1. The Morgan fingerprint density at radius 1 is 0.879 bits per heavy atom. The number of nitrogens with zero attached hydrogens (tertiary/aromatic N) is 4. The van der Waals surface area contributed by atoms with Crippen molar-refractivity contribution in [2.45, 2.75) is 6.04 Å². The zero-order chi connectivity index (χ0) is 22.8. The minimum atomic E-state index is 0.0529. The zero-order valence-electron chi connectivity index (χ0n) is 19.0. The topological polar surface area (TPSA) is 50.6 Å². The molecule has 0 radical (unpaired) electrons. The van der Waals surface area contributed by atoms with Crippen molar-refractivity contribution in [3.8, 4) is 5.88 Å². The van der Waals surface area contributed by atoms with E-state index >= 15 is 0 Å². The number of carbonyl (C=O) groups is 1. The molecule has 33 heavy (non-hydrogen) atoms. The minimum absolute atomic E-state index is 0.0529. The number of rotatable bonds is 5. The number of aromatic nitrogens is 2. The summed E-state index contributed by atoms with van der Waals surface area (Å²) >= 11 is 0. The lowest BCUT2D eigenvalue weighted by Crippen LogP contribution is -2.49. The molecule has 5 rings (SSSR count). The number of ether oxygens (including phenoxy) is 1. The summed E-state index contributed by atoms with van der Waals surface area (Å²) in [5, 5.41) is 5.40. The first-order valence-corrected chi connectivity index (χ1v) is 11.3. The van der Waals surface area contributed by atoms with E-state index in [1.807, 2.05) is 30.1 Å². The van der Waals surface area contributed by atoms with Gasteiger partial charge in [-0.1, -0.05) is 60.7 Å². The Labute approximate surface area is 194 Å². The molecule has 0 aliphatic carbocycles. The van der Waals surface area contributed by atoms with Crippen LogP contribution in [0.3, 0.4) is 0 Å². The molecule has 2 heterocycles. The van der Waals surface area contributed by atoms with E-state index in [2.05, 4.69) is 70.7 Å². The van der Waals surface area contributed by atoms with Gasteiger partial charge >= 0.3 is 0 Å². The predicted octanol–water partition coefficient (Wildman–Crippen LogP) is 4.13. The van der Waals surface area contributed by atoms with Gasteiger partial charge in [-0.25, -0.2) is 4.68 Å². The summed E-state index contributed by atoms with van der Waals surface area (Å²) in [7, 11) is 3.47. The van der Waals surface area contributed by atoms with Gasteiger partial charge in [0.2, 0.25) is 5.88 Å². The summed E-state index contributed by atoms with van der Waals surface area (Å²) in [5.74, 6) is 0.752. The van der Waals surface area contributed by atoms with E-state index in [1.165, 1.54) is 11.1 Å². The lowest BCUT2D eigenvalue weighted by Gasteiger charge is -2.39. The minimum Gasteiger partial charge on any atom is -0.481 e. The van der Waals surface area contributed by atoms with Crippen LogP contribution in [0.4, 0.5) is 0 Å². The van der Waals surface area contributed by atoms with Crippen LogP contribution in [0.15, 0.2) is 78.9 Å². The zero-order valence-corrected chi connectivity index (χ0v) is 19.0. The maximum atomic E-state index is 13.3. The third-order valence-corrected chi connectivity index (χ3v) is 6.42. The summed E-state index contributed by atoms with van der Waals surface area (Å²) in [6.07, 6.45) is 0. The molecule has 1 saturated heterocycles. The molecule has 0 bridgehead atoms. The Kier molecular flexibility index (Phi) is 5.84. The van der Waals surface area contributed by atoms with Gasteiger partial charge in [-0.3, -0.25) is 9.69 Å². The highest BCUT2D eigenvalue weighted by Crippen LogP contribution is 2.30. The average Bonchev–Trinajstić information content (AvgIpc) is 3.19. The van der Waals surface area contributed by atoms with Gasteiger partial charge in [-0.15, -0.1) is 0 Å². The molecule has 6 nitrogen and oxygen atoms in total. The van der Waals surface area contributed by atoms with Crippen LogP contribution in [0.25, 0.3) is 10.9 Å². The number of hydrogen-bond donors (Lipinski definition) is 0. The normalized spacial score (nSPS) is 14.7. The molecule has 0 unspecified atom stereocenters. The average molecular weight is 441 g/mol. The van der Waals surface area contributed by atoms with Crippen molar-refractivity contribution in [3.05, 3.63) is 95.6 Å². The van der Waals surface area contributed by atoms with Crippen LogP contribution in [0.5, 0.6) is 5.88 Å². The number of fused-ring (bicyclic) bond motifs is 1. The van der Waals surface area contributed by atoms with Crippen LogP contribution in [-0.2, 0) is 7.05 Å². The van der Waals surface area contributed by atoms with E-state index in [0.29, 0.717) is 24.5 Å². The first-order chi connectivity index (χ1) is 16.2. The number of aryl methyl sites for hydroxylation is 1. The van der Waals surface area contributed by atoms with E-state index in [9.17, 15) is 4.79 Å². The second-order valence-electron chi connectivity index (χ2n) is 8.42. The van der Waals surface area contributed by atoms with Crippen molar-refractivity contribution in [1.82, 2.24) is 19.6 Å².